The lowest BCUT2D eigenvalue weighted by molar-refractivity contribution is 0.412. The summed E-state index contributed by atoms with van der Waals surface area (Å²) in [4.78, 5) is 0. The summed E-state index contributed by atoms with van der Waals surface area (Å²) >= 11 is 0. The van der Waals surface area contributed by atoms with Crippen LogP contribution in [0.4, 0.5) is 4.39 Å². The first kappa shape index (κ1) is 13.6. The third-order valence-electron chi connectivity index (χ3n) is 3.14. The molecule has 0 aromatic heterocycles. The number of aryl methyl sites for hydroxylation is 1. The van der Waals surface area contributed by atoms with Crippen LogP contribution in [0.5, 0.6) is 5.75 Å². The van der Waals surface area contributed by atoms with Gasteiger partial charge >= 0.3 is 0 Å². The van der Waals surface area contributed by atoms with Crippen LogP contribution in [0.3, 0.4) is 0 Å². The first-order valence-corrected chi connectivity index (χ1v) is 6.23. The molecule has 0 spiro atoms. The second-order valence-electron chi connectivity index (χ2n) is 4.52. The highest BCUT2D eigenvalue weighted by Crippen LogP contribution is 2.29. The van der Waals surface area contributed by atoms with E-state index in [0.717, 1.165) is 28.0 Å². The van der Waals surface area contributed by atoms with Crippen LogP contribution in [0, 0.1) is 12.7 Å². The zero-order valence-corrected chi connectivity index (χ0v) is 11.5. The van der Waals surface area contributed by atoms with E-state index < -0.39 is 0 Å². The van der Waals surface area contributed by atoms with Gasteiger partial charge in [-0.15, -0.1) is 0 Å². The van der Waals surface area contributed by atoms with Crippen molar-refractivity contribution in [2.24, 2.45) is 0 Å². The van der Waals surface area contributed by atoms with Gasteiger partial charge in [0.25, 0.3) is 0 Å². The van der Waals surface area contributed by atoms with Crippen LogP contribution in [-0.4, -0.2) is 14.2 Å². The molecule has 0 fully saturated rings. The lowest BCUT2D eigenvalue weighted by atomic mass is 9.97. The van der Waals surface area contributed by atoms with Crippen molar-refractivity contribution in [3.8, 4) is 16.9 Å². The largest absolute Gasteiger partial charge is 0.496 e. The summed E-state index contributed by atoms with van der Waals surface area (Å²) < 4.78 is 18.6. The Kier molecular flexibility index (Phi) is 4.17. The van der Waals surface area contributed by atoms with Crippen LogP contribution >= 0.6 is 0 Å². The molecule has 0 heterocycles. The molecular formula is C16H18FNO. The SMILES string of the molecule is CNCc1cc(F)ccc1-c1ccc(OC)c(C)c1. The first-order chi connectivity index (χ1) is 9.15. The van der Waals surface area contributed by atoms with Crippen molar-refractivity contribution >= 4 is 0 Å². The van der Waals surface area contributed by atoms with Crippen molar-refractivity contribution in [1.29, 1.82) is 0 Å². The van der Waals surface area contributed by atoms with E-state index in [1.807, 2.05) is 32.2 Å². The molecule has 2 nitrogen and oxygen atoms in total. The van der Waals surface area contributed by atoms with Crippen LogP contribution < -0.4 is 10.1 Å². The predicted octanol–water partition coefficient (Wildman–Crippen LogP) is 3.53. The van der Waals surface area contributed by atoms with E-state index in [0.29, 0.717) is 6.54 Å². The molecule has 2 rings (SSSR count). The van der Waals surface area contributed by atoms with Crippen molar-refractivity contribution in [2.75, 3.05) is 14.2 Å². The van der Waals surface area contributed by atoms with E-state index in [9.17, 15) is 4.39 Å². The van der Waals surface area contributed by atoms with Crippen LogP contribution in [0.25, 0.3) is 11.1 Å². The van der Waals surface area contributed by atoms with Gasteiger partial charge < -0.3 is 10.1 Å². The molecule has 0 atom stereocenters. The summed E-state index contributed by atoms with van der Waals surface area (Å²) in [7, 11) is 3.51. The van der Waals surface area contributed by atoms with Gasteiger partial charge in [-0.2, -0.15) is 0 Å². The molecule has 0 aliphatic rings. The zero-order chi connectivity index (χ0) is 13.8. The minimum absolute atomic E-state index is 0.209. The first-order valence-electron chi connectivity index (χ1n) is 6.23. The number of benzene rings is 2. The number of hydrogen-bond donors (Lipinski definition) is 1. The van der Waals surface area contributed by atoms with Crippen LogP contribution in [0.15, 0.2) is 36.4 Å². The van der Waals surface area contributed by atoms with E-state index in [1.54, 1.807) is 13.2 Å². The van der Waals surface area contributed by atoms with Gasteiger partial charge in [0.05, 0.1) is 7.11 Å². The Morgan fingerprint density at radius 3 is 2.58 bits per heavy atom. The summed E-state index contributed by atoms with van der Waals surface area (Å²) in [5.74, 6) is 0.653. The molecule has 19 heavy (non-hydrogen) atoms. The number of nitrogens with one attached hydrogen (secondary N) is 1. The number of rotatable bonds is 4. The number of hydrogen-bond acceptors (Lipinski definition) is 2. The summed E-state index contributed by atoms with van der Waals surface area (Å²) in [5, 5.41) is 3.07. The lowest BCUT2D eigenvalue weighted by Gasteiger charge is -2.12. The maximum Gasteiger partial charge on any atom is 0.123 e. The molecule has 0 unspecified atom stereocenters. The fourth-order valence-corrected chi connectivity index (χ4v) is 2.23. The molecule has 0 saturated carbocycles. The average Bonchev–Trinajstić information content (AvgIpc) is 2.39. The molecule has 0 saturated heterocycles. The summed E-state index contributed by atoms with van der Waals surface area (Å²) in [6.45, 7) is 2.64. The predicted molar refractivity (Wildman–Crippen MR) is 75.9 cm³/mol. The normalized spacial score (nSPS) is 10.5. The van der Waals surface area contributed by atoms with Crippen molar-refractivity contribution in [3.63, 3.8) is 0 Å². The van der Waals surface area contributed by atoms with Crippen LogP contribution in [0.2, 0.25) is 0 Å². The number of methoxy groups -OCH3 is 1. The van der Waals surface area contributed by atoms with Gasteiger partial charge in [-0.1, -0.05) is 12.1 Å². The third-order valence-corrected chi connectivity index (χ3v) is 3.14. The lowest BCUT2D eigenvalue weighted by Crippen LogP contribution is -2.06. The second kappa shape index (κ2) is 5.85. The van der Waals surface area contributed by atoms with Gasteiger partial charge in [0, 0.05) is 6.54 Å². The fraction of sp³-hybridized carbons (Fsp3) is 0.250. The highest BCUT2D eigenvalue weighted by molar-refractivity contribution is 5.69. The highest BCUT2D eigenvalue weighted by atomic mass is 19.1. The van der Waals surface area contributed by atoms with Crippen LogP contribution in [0.1, 0.15) is 11.1 Å². The van der Waals surface area contributed by atoms with Gasteiger partial charge in [-0.05, 0) is 60.5 Å². The van der Waals surface area contributed by atoms with Crippen molar-refractivity contribution in [2.45, 2.75) is 13.5 Å². The van der Waals surface area contributed by atoms with Gasteiger partial charge in [-0.3, -0.25) is 0 Å². The Hall–Kier alpha value is -1.87. The Balaban J connectivity index is 2.48. The monoisotopic (exact) mass is 259 g/mol. The smallest absolute Gasteiger partial charge is 0.123 e. The quantitative estimate of drug-likeness (QED) is 0.907. The van der Waals surface area contributed by atoms with Crippen LogP contribution in [-0.2, 0) is 6.54 Å². The second-order valence-corrected chi connectivity index (χ2v) is 4.52. The summed E-state index contributed by atoms with van der Waals surface area (Å²) in [5.41, 5.74) is 4.14. The topological polar surface area (TPSA) is 21.3 Å². The highest BCUT2D eigenvalue weighted by Gasteiger charge is 2.08. The Morgan fingerprint density at radius 2 is 1.95 bits per heavy atom. The van der Waals surface area contributed by atoms with E-state index in [1.165, 1.54) is 6.07 Å². The molecule has 0 amide bonds. The molecule has 3 heteroatoms. The Morgan fingerprint density at radius 1 is 1.16 bits per heavy atom. The molecule has 100 valence electrons. The minimum atomic E-state index is -0.209. The molecule has 0 bridgehead atoms. The number of ether oxygens (including phenoxy) is 1. The van der Waals surface area contributed by atoms with Gasteiger partial charge in [0.2, 0.25) is 0 Å². The molecule has 0 aliphatic heterocycles. The Labute approximate surface area is 113 Å². The third kappa shape index (κ3) is 2.93. The molecule has 2 aromatic carbocycles. The van der Waals surface area contributed by atoms with Crippen molar-refractivity contribution in [3.05, 3.63) is 53.3 Å². The molecule has 1 N–H and O–H groups in total. The average molecular weight is 259 g/mol. The fourth-order valence-electron chi connectivity index (χ4n) is 2.23. The van der Waals surface area contributed by atoms with E-state index >= 15 is 0 Å². The summed E-state index contributed by atoms with van der Waals surface area (Å²) in [6.07, 6.45) is 0. The van der Waals surface area contributed by atoms with Gasteiger partial charge in [-0.25, -0.2) is 4.39 Å². The number of halogens is 1. The Bertz CT molecular complexity index is 581. The zero-order valence-electron chi connectivity index (χ0n) is 11.5. The summed E-state index contributed by atoms with van der Waals surface area (Å²) in [6, 6.07) is 10.9. The maximum atomic E-state index is 13.3. The van der Waals surface area contributed by atoms with E-state index in [-0.39, 0.29) is 5.82 Å². The van der Waals surface area contributed by atoms with E-state index in [4.69, 9.17) is 4.74 Å². The molecule has 0 radical (unpaired) electrons. The van der Waals surface area contributed by atoms with E-state index in [2.05, 4.69) is 11.4 Å². The van der Waals surface area contributed by atoms with Crippen molar-refractivity contribution < 1.29 is 9.13 Å². The van der Waals surface area contributed by atoms with Crippen molar-refractivity contribution in [1.82, 2.24) is 5.32 Å². The minimum Gasteiger partial charge on any atom is -0.496 e. The standard InChI is InChI=1S/C16H18FNO/c1-11-8-12(4-7-16(11)19-3)15-6-5-14(17)9-13(15)10-18-2/h4-9,18H,10H2,1-3H3. The van der Waals surface area contributed by atoms with Gasteiger partial charge in [0.1, 0.15) is 11.6 Å². The molecular weight excluding hydrogens is 241 g/mol. The molecule has 0 aliphatic carbocycles. The molecule has 2 aromatic rings. The maximum absolute atomic E-state index is 13.3. The van der Waals surface area contributed by atoms with Gasteiger partial charge in [0.15, 0.2) is 0 Å².